The smallest absolute Gasteiger partial charge is 0.0446 e. The van der Waals surface area contributed by atoms with E-state index in [2.05, 4.69) is 59.6 Å². The summed E-state index contributed by atoms with van der Waals surface area (Å²) in [5, 5.41) is 6.28. The number of nitrogens with one attached hydrogen (secondary N) is 1. The molecule has 94 valence electrons. The van der Waals surface area contributed by atoms with Crippen molar-refractivity contribution in [1.82, 2.24) is 5.32 Å². The zero-order valence-electron chi connectivity index (χ0n) is 10.9. The topological polar surface area (TPSA) is 15.3 Å². The van der Waals surface area contributed by atoms with E-state index in [1.807, 2.05) is 0 Å². The summed E-state index contributed by atoms with van der Waals surface area (Å²) in [6.45, 7) is 5.56. The fourth-order valence-electron chi connectivity index (χ4n) is 2.80. The summed E-state index contributed by atoms with van der Waals surface area (Å²) in [4.78, 5) is 2.52. The highest BCUT2D eigenvalue weighted by Crippen LogP contribution is 2.27. The average Bonchev–Trinajstić information content (AvgIpc) is 2.47. The van der Waals surface area contributed by atoms with E-state index < -0.39 is 0 Å². The van der Waals surface area contributed by atoms with Gasteiger partial charge in [-0.15, -0.1) is 0 Å². The van der Waals surface area contributed by atoms with Gasteiger partial charge in [0.05, 0.1) is 0 Å². The van der Waals surface area contributed by atoms with Gasteiger partial charge in [0.25, 0.3) is 0 Å². The van der Waals surface area contributed by atoms with Gasteiger partial charge in [-0.25, -0.2) is 0 Å². The lowest BCUT2D eigenvalue weighted by molar-refractivity contribution is 0.447. The molecular weight excluding hydrogens is 220 g/mol. The fraction of sp³-hybridized carbons (Fsp3) is 0.375. The maximum absolute atomic E-state index is 3.57. The van der Waals surface area contributed by atoms with Crippen LogP contribution in [-0.4, -0.2) is 25.7 Å². The summed E-state index contributed by atoms with van der Waals surface area (Å²) in [6.07, 6.45) is 1.20. The van der Waals surface area contributed by atoms with Crippen molar-refractivity contribution in [2.75, 3.05) is 24.5 Å². The van der Waals surface area contributed by atoms with Crippen LogP contribution in [0.2, 0.25) is 0 Å². The first-order valence-corrected chi connectivity index (χ1v) is 6.84. The Morgan fingerprint density at radius 1 is 1.17 bits per heavy atom. The minimum atomic E-state index is 0.623. The number of piperazine rings is 1. The van der Waals surface area contributed by atoms with Gasteiger partial charge in [-0.3, -0.25) is 0 Å². The molecular formula is C16H20N2. The van der Waals surface area contributed by atoms with Crippen molar-refractivity contribution < 1.29 is 0 Å². The molecule has 0 radical (unpaired) electrons. The van der Waals surface area contributed by atoms with Crippen LogP contribution < -0.4 is 10.2 Å². The molecule has 1 atom stereocenters. The molecule has 0 bridgehead atoms. The molecule has 2 heteroatoms. The second-order valence-corrected chi connectivity index (χ2v) is 5.00. The molecule has 2 nitrogen and oxygen atoms in total. The SMILES string of the molecule is CC[C@@H]1CN(c2cccc3ccccc23)CCN1. The van der Waals surface area contributed by atoms with Gasteiger partial charge in [0, 0.05) is 36.7 Å². The number of rotatable bonds is 2. The van der Waals surface area contributed by atoms with Crippen LogP contribution in [0, 0.1) is 0 Å². The van der Waals surface area contributed by atoms with Crippen LogP contribution in [0.4, 0.5) is 5.69 Å². The predicted octanol–water partition coefficient (Wildman–Crippen LogP) is 3.03. The molecule has 3 rings (SSSR count). The molecule has 1 saturated heterocycles. The zero-order chi connectivity index (χ0) is 12.4. The van der Waals surface area contributed by atoms with Crippen molar-refractivity contribution in [3.63, 3.8) is 0 Å². The lowest BCUT2D eigenvalue weighted by Crippen LogP contribution is -2.50. The number of benzene rings is 2. The normalized spacial score (nSPS) is 20.3. The summed E-state index contributed by atoms with van der Waals surface area (Å²) in [7, 11) is 0. The molecule has 2 aromatic carbocycles. The van der Waals surface area contributed by atoms with Gasteiger partial charge in [0.15, 0.2) is 0 Å². The highest BCUT2D eigenvalue weighted by atomic mass is 15.2. The second-order valence-electron chi connectivity index (χ2n) is 5.00. The van der Waals surface area contributed by atoms with Crippen LogP contribution in [-0.2, 0) is 0 Å². The Balaban J connectivity index is 1.98. The van der Waals surface area contributed by atoms with Crippen molar-refractivity contribution in [2.45, 2.75) is 19.4 Å². The number of hydrogen-bond acceptors (Lipinski definition) is 2. The number of fused-ring (bicyclic) bond motifs is 1. The summed E-state index contributed by atoms with van der Waals surface area (Å²) in [5.41, 5.74) is 1.38. The highest BCUT2D eigenvalue weighted by molar-refractivity contribution is 5.94. The first kappa shape index (κ1) is 11.5. The van der Waals surface area contributed by atoms with Crippen LogP contribution in [0.15, 0.2) is 42.5 Å². The van der Waals surface area contributed by atoms with E-state index in [1.165, 1.54) is 22.9 Å². The molecule has 0 aliphatic carbocycles. The van der Waals surface area contributed by atoms with Gasteiger partial charge < -0.3 is 10.2 Å². The Bertz CT molecular complexity index is 530. The molecule has 0 aromatic heterocycles. The Hall–Kier alpha value is -1.54. The third-order valence-electron chi connectivity index (χ3n) is 3.86. The molecule has 1 aliphatic heterocycles. The Morgan fingerprint density at radius 3 is 2.89 bits per heavy atom. The van der Waals surface area contributed by atoms with E-state index in [0.717, 1.165) is 19.6 Å². The zero-order valence-corrected chi connectivity index (χ0v) is 10.9. The largest absolute Gasteiger partial charge is 0.368 e. The highest BCUT2D eigenvalue weighted by Gasteiger charge is 2.19. The molecule has 1 aliphatic rings. The Kier molecular flexibility index (Phi) is 3.20. The first-order valence-electron chi connectivity index (χ1n) is 6.84. The van der Waals surface area contributed by atoms with Crippen molar-refractivity contribution in [3.05, 3.63) is 42.5 Å². The van der Waals surface area contributed by atoms with Crippen molar-refractivity contribution in [2.24, 2.45) is 0 Å². The average molecular weight is 240 g/mol. The standard InChI is InChI=1S/C16H20N2/c1-2-14-12-18(11-10-17-14)16-9-5-7-13-6-3-4-8-15(13)16/h3-9,14,17H,2,10-12H2,1H3/t14-/m1/s1. The maximum Gasteiger partial charge on any atom is 0.0446 e. The van der Waals surface area contributed by atoms with Gasteiger partial charge in [-0.2, -0.15) is 0 Å². The second kappa shape index (κ2) is 4.99. The van der Waals surface area contributed by atoms with Gasteiger partial charge in [-0.05, 0) is 17.9 Å². The van der Waals surface area contributed by atoms with Crippen LogP contribution in [0.1, 0.15) is 13.3 Å². The lowest BCUT2D eigenvalue weighted by Gasteiger charge is -2.35. The van der Waals surface area contributed by atoms with Crippen LogP contribution in [0.5, 0.6) is 0 Å². The van der Waals surface area contributed by atoms with Gasteiger partial charge in [0.2, 0.25) is 0 Å². The number of anilines is 1. The summed E-state index contributed by atoms with van der Waals surface area (Å²) >= 11 is 0. The van der Waals surface area contributed by atoms with Gasteiger partial charge >= 0.3 is 0 Å². The lowest BCUT2D eigenvalue weighted by atomic mass is 10.1. The van der Waals surface area contributed by atoms with Crippen LogP contribution in [0.25, 0.3) is 10.8 Å². The minimum Gasteiger partial charge on any atom is -0.368 e. The number of nitrogens with zero attached hydrogens (tertiary/aromatic N) is 1. The Morgan fingerprint density at radius 2 is 2.00 bits per heavy atom. The molecule has 0 saturated carbocycles. The van der Waals surface area contributed by atoms with Crippen molar-refractivity contribution in [1.29, 1.82) is 0 Å². The third kappa shape index (κ3) is 2.08. The summed E-state index contributed by atoms with van der Waals surface area (Å²) in [5.74, 6) is 0. The van der Waals surface area contributed by atoms with E-state index in [1.54, 1.807) is 0 Å². The molecule has 0 amide bonds. The summed E-state index contributed by atoms with van der Waals surface area (Å²) < 4.78 is 0. The number of hydrogen-bond donors (Lipinski definition) is 1. The van der Waals surface area contributed by atoms with E-state index >= 15 is 0 Å². The fourth-order valence-corrected chi connectivity index (χ4v) is 2.80. The Labute approximate surface area is 109 Å². The van der Waals surface area contributed by atoms with Gasteiger partial charge in [-0.1, -0.05) is 43.3 Å². The maximum atomic E-state index is 3.57. The van der Waals surface area contributed by atoms with Crippen molar-refractivity contribution in [3.8, 4) is 0 Å². The van der Waals surface area contributed by atoms with Crippen LogP contribution in [0.3, 0.4) is 0 Å². The molecule has 2 aromatic rings. The third-order valence-corrected chi connectivity index (χ3v) is 3.86. The van der Waals surface area contributed by atoms with E-state index in [-0.39, 0.29) is 0 Å². The van der Waals surface area contributed by atoms with E-state index in [9.17, 15) is 0 Å². The first-order chi connectivity index (χ1) is 8.88. The minimum absolute atomic E-state index is 0.623. The predicted molar refractivity (Wildman–Crippen MR) is 78.2 cm³/mol. The van der Waals surface area contributed by atoms with E-state index in [4.69, 9.17) is 0 Å². The monoisotopic (exact) mass is 240 g/mol. The van der Waals surface area contributed by atoms with Gasteiger partial charge in [0.1, 0.15) is 0 Å². The molecule has 0 spiro atoms. The van der Waals surface area contributed by atoms with E-state index in [0.29, 0.717) is 6.04 Å². The molecule has 1 fully saturated rings. The van der Waals surface area contributed by atoms with Crippen molar-refractivity contribution >= 4 is 16.5 Å². The molecule has 18 heavy (non-hydrogen) atoms. The molecule has 1 heterocycles. The molecule has 1 N–H and O–H groups in total. The quantitative estimate of drug-likeness (QED) is 0.868. The molecule has 0 unspecified atom stereocenters. The van der Waals surface area contributed by atoms with Crippen LogP contribution >= 0.6 is 0 Å². The summed E-state index contributed by atoms with van der Waals surface area (Å²) in [6, 6.07) is 15.9.